The molecule has 1 heterocycles. The lowest BCUT2D eigenvalue weighted by Crippen LogP contribution is -2.48. The van der Waals surface area contributed by atoms with E-state index in [2.05, 4.69) is 23.5 Å². The lowest BCUT2D eigenvalue weighted by atomic mass is 9.89. The molecule has 0 unspecified atom stereocenters. The monoisotopic (exact) mass is 376 g/mol. The van der Waals surface area contributed by atoms with E-state index in [4.69, 9.17) is 0 Å². The van der Waals surface area contributed by atoms with Gasteiger partial charge in [0.15, 0.2) is 0 Å². The van der Waals surface area contributed by atoms with Gasteiger partial charge in [-0.05, 0) is 68.4 Å². The third kappa shape index (κ3) is 3.11. The number of fused-ring (bicyclic) bond motifs is 2. The summed E-state index contributed by atoms with van der Waals surface area (Å²) in [6.07, 6.45) is 4.63. The van der Waals surface area contributed by atoms with Crippen molar-refractivity contribution in [1.29, 1.82) is 0 Å². The molecule has 2 atom stereocenters. The zero-order valence-electron chi connectivity index (χ0n) is 16.2. The number of aryl methyl sites for hydroxylation is 2. The number of hydrogen-bond acceptors (Lipinski definition) is 3. The van der Waals surface area contributed by atoms with Crippen molar-refractivity contribution in [1.82, 2.24) is 10.2 Å². The topological polar surface area (TPSA) is 66.5 Å². The van der Waals surface area contributed by atoms with E-state index >= 15 is 0 Å². The Morgan fingerprint density at radius 2 is 1.54 bits per heavy atom. The highest BCUT2D eigenvalue weighted by Gasteiger charge is 2.40. The van der Waals surface area contributed by atoms with E-state index in [0.29, 0.717) is 11.1 Å². The lowest BCUT2D eigenvalue weighted by molar-refractivity contribution is -0.125. The standard InChI is InChI=1S/C23H24N2O3/c1-14(17-12-11-16-7-3-4-8-18(16)13-17)24-21(26)15(2)25-22(27)19-9-5-6-10-20(19)23(25)28/h5-6,9-15H,3-4,7-8H2,1-2H3,(H,24,26)/t14-,15-/m0/s1. The van der Waals surface area contributed by atoms with Crippen molar-refractivity contribution in [3.05, 3.63) is 70.3 Å². The van der Waals surface area contributed by atoms with Gasteiger partial charge in [0, 0.05) is 0 Å². The molecule has 0 saturated heterocycles. The van der Waals surface area contributed by atoms with Crippen molar-refractivity contribution in [3.8, 4) is 0 Å². The Labute approximate surface area is 164 Å². The first-order valence-electron chi connectivity index (χ1n) is 9.86. The maximum absolute atomic E-state index is 12.8. The first-order chi connectivity index (χ1) is 13.5. The van der Waals surface area contributed by atoms with E-state index in [1.165, 1.54) is 24.0 Å². The molecule has 2 aliphatic rings. The van der Waals surface area contributed by atoms with Gasteiger partial charge in [-0.15, -0.1) is 0 Å². The van der Waals surface area contributed by atoms with Crippen LogP contribution in [0.2, 0.25) is 0 Å². The molecule has 3 amide bonds. The molecule has 0 spiro atoms. The molecule has 2 aromatic carbocycles. The molecule has 4 rings (SSSR count). The summed E-state index contributed by atoms with van der Waals surface area (Å²) in [5.41, 5.74) is 4.51. The van der Waals surface area contributed by atoms with Crippen LogP contribution in [-0.2, 0) is 17.6 Å². The molecule has 5 heteroatoms. The Morgan fingerprint density at radius 1 is 0.929 bits per heavy atom. The number of hydrogen-bond donors (Lipinski definition) is 1. The molecule has 0 radical (unpaired) electrons. The highest BCUT2D eigenvalue weighted by Crippen LogP contribution is 2.26. The second kappa shape index (κ2) is 7.23. The van der Waals surface area contributed by atoms with Crippen molar-refractivity contribution in [2.45, 2.75) is 51.6 Å². The predicted molar refractivity (Wildman–Crippen MR) is 106 cm³/mol. The van der Waals surface area contributed by atoms with Crippen LogP contribution < -0.4 is 5.32 Å². The van der Waals surface area contributed by atoms with Gasteiger partial charge >= 0.3 is 0 Å². The van der Waals surface area contributed by atoms with Crippen LogP contribution in [-0.4, -0.2) is 28.7 Å². The number of carbonyl (C=O) groups is 3. The molecule has 1 aliphatic carbocycles. The van der Waals surface area contributed by atoms with E-state index in [1.54, 1.807) is 31.2 Å². The quantitative estimate of drug-likeness (QED) is 0.832. The number of nitrogens with one attached hydrogen (secondary N) is 1. The molecule has 144 valence electrons. The summed E-state index contributed by atoms with van der Waals surface area (Å²) in [6.45, 7) is 3.52. The third-order valence-electron chi connectivity index (χ3n) is 5.82. The van der Waals surface area contributed by atoms with Gasteiger partial charge in [-0.1, -0.05) is 30.3 Å². The summed E-state index contributed by atoms with van der Waals surface area (Å²) >= 11 is 0. The van der Waals surface area contributed by atoms with Gasteiger partial charge in [0.05, 0.1) is 17.2 Å². The Balaban J connectivity index is 1.48. The number of benzene rings is 2. The average molecular weight is 376 g/mol. The summed E-state index contributed by atoms with van der Waals surface area (Å²) in [6, 6.07) is 12.0. The van der Waals surface area contributed by atoms with Gasteiger partial charge in [-0.2, -0.15) is 0 Å². The van der Waals surface area contributed by atoms with Crippen molar-refractivity contribution in [2.24, 2.45) is 0 Å². The first kappa shape index (κ1) is 18.4. The zero-order valence-corrected chi connectivity index (χ0v) is 16.2. The maximum Gasteiger partial charge on any atom is 0.262 e. The smallest absolute Gasteiger partial charge is 0.262 e. The number of carbonyl (C=O) groups excluding carboxylic acids is 3. The minimum Gasteiger partial charge on any atom is -0.348 e. The fourth-order valence-electron chi connectivity index (χ4n) is 4.12. The summed E-state index contributed by atoms with van der Waals surface area (Å²) in [7, 11) is 0. The fourth-order valence-corrected chi connectivity index (χ4v) is 4.12. The summed E-state index contributed by atoms with van der Waals surface area (Å²) < 4.78 is 0. The lowest BCUT2D eigenvalue weighted by Gasteiger charge is -2.25. The Hall–Kier alpha value is -2.95. The van der Waals surface area contributed by atoms with Gasteiger partial charge in [0.1, 0.15) is 6.04 Å². The molecule has 5 nitrogen and oxygen atoms in total. The van der Waals surface area contributed by atoms with Gasteiger partial charge in [-0.3, -0.25) is 19.3 Å². The molecule has 0 aromatic heterocycles. The number of imide groups is 1. The van der Waals surface area contributed by atoms with E-state index in [9.17, 15) is 14.4 Å². The number of nitrogens with zero attached hydrogens (tertiary/aromatic N) is 1. The van der Waals surface area contributed by atoms with Gasteiger partial charge in [-0.25, -0.2) is 0 Å². The Bertz CT molecular complexity index is 931. The van der Waals surface area contributed by atoms with Crippen molar-refractivity contribution >= 4 is 17.7 Å². The molecule has 28 heavy (non-hydrogen) atoms. The third-order valence-corrected chi connectivity index (χ3v) is 5.82. The van der Waals surface area contributed by atoms with Crippen LogP contribution in [0.3, 0.4) is 0 Å². The molecule has 1 aliphatic heterocycles. The average Bonchev–Trinajstić information content (AvgIpc) is 2.97. The van der Waals surface area contributed by atoms with E-state index in [1.807, 2.05) is 6.92 Å². The van der Waals surface area contributed by atoms with E-state index < -0.39 is 17.9 Å². The van der Waals surface area contributed by atoms with Crippen molar-refractivity contribution in [3.63, 3.8) is 0 Å². The van der Waals surface area contributed by atoms with Gasteiger partial charge < -0.3 is 5.32 Å². The van der Waals surface area contributed by atoms with Crippen LogP contribution in [0.15, 0.2) is 42.5 Å². The van der Waals surface area contributed by atoms with Gasteiger partial charge in [0.25, 0.3) is 11.8 Å². The molecule has 2 aromatic rings. The summed E-state index contributed by atoms with van der Waals surface area (Å²) in [4.78, 5) is 39.0. The maximum atomic E-state index is 12.8. The molecular weight excluding hydrogens is 352 g/mol. The van der Waals surface area contributed by atoms with E-state index in [-0.39, 0.29) is 11.9 Å². The normalized spacial score (nSPS) is 17.7. The van der Waals surface area contributed by atoms with Crippen LogP contribution in [0.5, 0.6) is 0 Å². The summed E-state index contributed by atoms with van der Waals surface area (Å²) in [5, 5.41) is 2.96. The first-order valence-corrected chi connectivity index (χ1v) is 9.86. The van der Waals surface area contributed by atoms with Crippen LogP contribution in [0.25, 0.3) is 0 Å². The minimum absolute atomic E-state index is 0.197. The van der Waals surface area contributed by atoms with Crippen LogP contribution in [0.1, 0.15) is 70.1 Å². The SMILES string of the molecule is C[C@H](NC(=O)[C@H](C)N1C(=O)c2ccccc2C1=O)c1ccc2c(c1)CCCC2. The highest BCUT2D eigenvalue weighted by atomic mass is 16.2. The number of amides is 3. The summed E-state index contributed by atoms with van der Waals surface area (Å²) in [5.74, 6) is -1.16. The van der Waals surface area contributed by atoms with Crippen molar-refractivity contribution in [2.75, 3.05) is 0 Å². The van der Waals surface area contributed by atoms with Crippen molar-refractivity contribution < 1.29 is 14.4 Å². The van der Waals surface area contributed by atoms with Crippen LogP contribution in [0, 0.1) is 0 Å². The van der Waals surface area contributed by atoms with Crippen LogP contribution >= 0.6 is 0 Å². The predicted octanol–water partition coefficient (Wildman–Crippen LogP) is 3.43. The Kier molecular flexibility index (Phi) is 4.75. The molecular formula is C23H24N2O3. The number of rotatable bonds is 4. The largest absolute Gasteiger partial charge is 0.348 e. The fraction of sp³-hybridized carbons (Fsp3) is 0.348. The molecule has 1 N–H and O–H groups in total. The highest BCUT2D eigenvalue weighted by molar-refractivity contribution is 6.22. The molecule has 0 saturated carbocycles. The van der Waals surface area contributed by atoms with Crippen LogP contribution in [0.4, 0.5) is 0 Å². The second-order valence-corrected chi connectivity index (χ2v) is 7.67. The minimum atomic E-state index is -0.868. The zero-order chi connectivity index (χ0) is 19.8. The molecule has 0 fully saturated rings. The second-order valence-electron chi connectivity index (χ2n) is 7.67. The molecule has 0 bridgehead atoms. The van der Waals surface area contributed by atoms with Gasteiger partial charge in [0.2, 0.25) is 5.91 Å². The van der Waals surface area contributed by atoms with E-state index in [0.717, 1.165) is 23.3 Å². The Morgan fingerprint density at radius 3 is 2.18 bits per heavy atom.